The third-order valence-electron chi connectivity index (χ3n) is 6.44. The molecule has 2 fully saturated rings. The fourth-order valence-corrected chi connectivity index (χ4v) is 4.20. The molecule has 2 aliphatic rings. The molecule has 2 heterocycles. The standard InChI is InChI=1S/C21H33N3O2/c1-17-6-5-7-19(18(17)2)26-15-14-24-13-12-23(4)21(16-24)9-8-20(25)22(3)11-10-21/h5-7H,8-16H2,1-4H3/t21-/m0/s1. The number of benzene rings is 1. The van der Waals surface area contributed by atoms with E-state index in [0.717, 1.165) is 51.3 Å². The van der Waals surface area contributed by atoms with Gasteiger partial charge < -0.3 is 9.64 Å². The van der Waals surface area contributed by atoms with Gasteiger partial charge in [-0.15, -0.1) is 0 Å². The molecule has 5 nitrogen and oxygen atoms in total. The van der Waals surface area contributed by atoms with E-state index in [1.54, 1.807) is 0 Å². The van der Waals surface area contributed by atoms with E-state index in [1.165, 1.54) is 11.1 Å². The summed E-state index contributed by atoms with van der Waals surface area (Å²) < 4.78 is 6.06. The van der Waals surface area contributed by atoms with Crippen molar-refractivity contribution in [2.75, 3.05) is 53.4 Å². The second-order valence-corrected chi connectivity index (χ2v) is 8.03. The fraction of sp³-hybridized carbons (Fsp3) is 0.667. The Morgan fingerprint density at radius 2 is 1.92 bits per heavy atom. The maximum Gasteiger partial charge on any atom is 0.222 e. The van der Waals surface area contributed by atoms with Gasteiger partial charge in [0.2, 0.25) is 5.91 Å². The highest BCUT2D eigenvalue weighted by Gasteiger charge is 2.41. The number of likely N-dealkylation sites (tertiary alicyclic amines) is 1. The SMILES string of the molecule is Cc1cccc(OCCN2CCN(C)[C@]3(CCC(=O)N(C)CC3)C2)c1C. The Balaban J connectivity index is 1.58. The predicted octanol–water partition coefficient (Wildman–Crippen LogP) is 2.31. The lowest BCUT2D eigenvalue weighted by atomic mass is 9.86. The van der Waals surface area contributed by atoms with Gasteiger partial charge in [-0.3, -0.25) is 14.6 Å². The van der Waals surface area contributed by atoms with Crippen molar-refractivity contribution >= 4 is 5.91 Å². The molecular formula is C21H33N3O2. The minimum Gasteiger partial charge on any atom is -0.492 e. The van der Waals surface area contributed by atoms with E-state index in [9.17, 15) is 4.79 Å². The number of carbonyl (C=O) groups excluding carboxylic acids is 1. The Hall–Kier alpha value is -1.59. The topological polar surface area (TPSA) is 36.0 Å². The van der Waals surface area contributed by atoms with Gasteiger partial charge in [-0.2, -0.15) is 0 Å². The molecule has 1 atom stereocenters. The first kappa shape index (κ1) is 19.2. The molecule has 2 saturated heterocycles. The molecular weight excluding hydrogens is 326 g/mol. The van der Waals surface area contributed by atoms with Crippen molar-refractivity contribution in [1.29, 1.82) is 0 Å². The van der Waals surface area contributed by atoms with Crippen LogP contribution in [0.25, 0.3) is 0 Å². The zero-order valence-corrected chi connectivity index (χ0v) is 16.8. The largest absolute Gasteiger partial charge is 0.492 e. The maximum atomic E-state index is 12.1. The van der Waals surface area contributed by atoms with Crippen LogP contribution in [0.3, 0.4) is 0 Å². The van der Waals surface area contributed by atoms with Gasteiger partial charge in [0.15, 0.2) is 0 Å². The average molecular weight is 360 g/mol. The maximum absolute atomic E-state index is 12.1. The summed E-state index contributed by atoms with van der Waals surface area (Å²) in [4.78, 5) is 19.0. The van der Waals surface area contributed by atoms with E-state index in [0.29, 0.717) is 13.0 Å². The van der Waals surface area contributed by atoms with Crippen molar-refractivity contribution in [3.63, 3.8) is 0 Å². The van der Waals surface area contributed by atoms with Crippen LogP contribution < -0.4 is 4.74 Å². The number of ether oxygens (including phenoxy) is 1. The number of rotatable bonds is 4. The lowest BCUT2D eigenvalue weighted by molar-refractivity contribution is -0.129. The lowest BCUT2D eigenvalue weighted by Gasteiger charge is -2.49. The molecule has 26 heavy (non-hydrogen) atoms. The van der Waals surface area contributed by atoms with E-state index >= 15 is 0 Å². The molecule has 0 unspecified atom stereocenters. The number of piperazine rings is 1. The molecule has 3 rings (SSSR count). The molecule has 5 heteroatoms. The number of amides is 1. The van der Waals surface area contributed by atoms with Gasteiger partial charge in [0.05, 0.1) is 0 Å². The van der Waals surface area contributed by atoms with E-state index in [2.05, 4.69) is 48.9 Å². The Labute approximate surface area is 157 Å². The Bertz CT molecular complexity index is 648. The minimum atomic E-state index is 0.123. The molecule has 0 saturated carbocycles. The van der Waals surface area contributed by atoms with Crippen LogP contribution >= 0.6 is 0 Å². The van der Waals surface area contributed by atoms with E-state index < -0.39 is 0 Å². The smallest absolute Gasteiger partial charge is 0.222 e. The number of nitrogens with zero attached hydrogens (tertiary/aromatic N) is 3. The Morgan fingerprint density at radius 1 is 1.12 bits per heavy atom. The molecule has 0 aliphatic carbocycles. The minimum absolute atomic E-state index is 0.123. The van der Waals surface area contributed by atoms with Crippen molar-refractivity contribution in [2.24, 2.45) is 0 Å². The fourth-order valence-electron chi connectivity index (χ4n) is 4.20. The predicted molar refractivity (Wildman–Crippen MR) is 105 cm³/mol. The number of likely N-dealkylation sites (N-methyl/N-ethyl adjacent to an activating group) is 1. The van der Waals surface area contributed by atoms with Crippen molar-refractivity contribution in [1.82, 2.24) is 14.7 Å². The summed E-state index contributed by atoms with van der Waals surface area (Å²) in [6.45, 7) is 9.90. The summed E-state index contributed by atoms with van der Waals surface area (Å²) in [5, 5.41) is 0. The summed E-state index contributed by atoms with van der Waals surface area (Å²) in [5.41, 5.74) is 2.62. The highest BCUT2D eigenvalue weighted by Crippen LogP contribution is 2.31. The molecule has 1 amide bonds. The summed E-state index contributed by atoms with van der Waals surface area (Å²) in [6, 6.07) is 6.24. The molecule has 0 bridgehead atoms. The molecule has 1 spiro atoms. The van der Waals surface area contributed by atoms with Crippen LogP contribution in [0, 0.1) is 13.8 Å². The van der Waals surface area contributed by atoms with Crippen LogP contribution in [-0.2, 0) is 4.79 Å². The summed E-state index contributed by atoms with van der Waals surface area (Å²) in [6.07, 6.45) is 2.68. The number of hydrogen-bond donors (Lipinski definition) is 0. The first-order valence-electron chi connectivity index (χ1n) is 9.78. The summed E-state index contributed by atoms with van der Waals surface area (Å²) >= 11 is 0. The van der Waals surface area contributed by atoms with Gasteiger partial charge in [0, 0.05) is 51.7 Å². The van der Waals surface area contributed by atoms with E-state index in [1.807, 2.05) is 11.9 Å². The first-order valence-corrected chi connectivity index (χ1v) is 9.78. The van der Waals surface area contributed by atoms with Crippen LogP contribution in [0.4, 0.5) is 0 Å². The molecule has 0 aromatic heterocycles. The zero-order chi connectivity index (χ0) is 18.7. The van der Waals surface area contributed by atoms with Crippen molar-refractivity contribution in [2.45, 2.75) is 38.6 Å². The number of carbonyl (C=O) groups is 1. The van der Waals surface area contributed by atoms with E-state index in [-0.39, 0.29) is 11.4 Å². The van der Waals surface area contributed by atoms with Crippen LogP contribution in [0.2, 0.25) is 0 Å². The molecule has 2 aliphatic heterocycles. The average Bonchev–Trinajstić information content (AvgIpc) is 2.76. The second-order valence-electron chi connectivity index (χ2n) is 8.03. The monoisotopic (exact) mass is 359 g/mol. The van der Waals surface area contributed by atoms with E-state index in [4.69, 9.17) is 4.74 Å². The van der Waals surface area contributed by atoms with Gasteiger partial charge in [0.1, 0.15) is 12.4 Å². The Morgan fingerprint density at radius 3 is 2.73 bits per heavy atom. The third-order valence-corrected chi connectivity index (χ3v) is 6.44. The normalized spacial score (nSPS) is 25.5. The zero-order valence-electron chi connectivity index (χ0n) is 16.8. The number of aryl methyl sites for hydroxylation is 1. The second kappa shape index (κ2) is 7.97. The molecule has 1 aromatic carbocycles. The van der Waals surface area contributed by atoms with Crippen molar-refractivity contribution in [3.8, 4) is 5.75 Å². The summed E-state index contributed by atoms with van der Waals surface area (Å²) in [5.74, 6) is 1.28. The van der Waals surface area contributed by atoms with Crippen LogP contribution in [-0.4, -0.2) is 79.6 Å². The van der Waals surface area contributed by atoms with Gasteiger partial charge >= 0.3 is 0 Å². The molecule has 1 aromatic rings. The molecule has 144 valence electrons. The van der Waals surface area contributed by atoms with Gasteiger partial charge in [0.25, 0.3) is 0 Å². The quantitative estimate of drug-likeness (QED) is 0.827. The summed E-state index contributed by atoms with van der Waals surface area (Å²) in [7, 11) is 4.15. The van der Waals surface area contributed by atoms with Crippen LogP contribution in [0.5, 0.6) is 5.75 Å². The van der Waals surface area contributed by atoms with Gasteiger partial charge in [-0.25, -0.2) is 0 Å². The molecule has 0 N–H and O–H groups in total. The highest BCUT2D eigenvalue weighted by molar-refractivity contribution is 5.76. The van der Waals surface area contributed by atoms with Crippen molar-refractivity contribution < 1.29 is 9.53 Å². The Kier molecular flexibility index (Phi) is 5.88. The van der Waals surface area contributed by atoms with Gasteiger partial charge in [-0.05, 0) is 50.9 Å². The molecule has 0 radical (unpaired) electrons. The van der Waals surface area contributed by atoms with Crippen LogP contribution in [0.1, 0.15) is 30.4 Å². The number of hydrogen-bond acceptors (Lipinski definition) is 4. The van der Waals surface area contributed by atoms with Crippen molar-refractivity contribution in [3.05, 3.63) is 29.3 Å². The first-order chi connectivity index (χ1) is 12.4. The van der Waals surface area contributed by atoms with Crippen LogP contribution in [0.15, 0.2) is 18.2 Å². The lowest BCUT2D eigenvalue weighted by Crippen LogP contribution is -2.61. The third kappa shape index (κ3) is 4.04. The highest BCUT2D eigenvalue weighted by atomic mass is 16.5. The van der Waals surface area contributed by atoms with Gasteiger partial charge in [-0.1, -0.05) is 12.1 Å².